The average molecular weight is 463 g/mol. The van der Waals surface area contributed by atoms with E-state index in [0.29, 0.717) is 18.0 Å². The van der Waals surface area contributed by atoms with Gasteiger partial charge in [0, 0.05) is 23.9 Å². The summed E-state index contributed by atoms with van der Waals surface area (Å²) < 4.78 is 38.5. The number of carbonyl (C=O) groups is 2. The van der Waals surface area contributed by atoms with Crippen LogP contribution in [0.3, 0.4) is 0 Å². The van der Waals surface area contributed by atoms with Crippen molar-refractivity contribution in [3.63, 3.8) is 0 Å². The van der Waals surface area contributed by atoms with Gasteiger partial charge in [0.05, 0.1) is 11.7 Å². The number of aryl methyl sites for hydroxylation is 2. The van der Waals surface area contributed by atoms with Gasteiger partial charge in [-0.2, -0.15) is 0 Å². The Morgan fingerprint density at radius 1 is 1.16 bits per heavy atom. The molecule has 172 valence electrons. The van der Waals surface area contributed by atoms with Crippen molar-refractivity contribution in [3.05, 3.63) is 47.3 Å². The largest absolute Gasteiger partial charge is 0.459 e. The number of hydrogen-bond acceptors (Lipinski definition) is 8. The van der Waals surface area contributed by atoms with E-state index in [2.05, 4.69) is 15.3 Å². The van der Waals surface area contributed by atoms with Crippen LogP contribution in [0.4, 0.5) is 10.7 Å². The third kappa shape index (κ3) is 5.60. The average Bonchev–Trinajstić information content (AvgIpc) is 2.65. The van der Waals surface area contributed by atoms with Gasteiger partial charge in [-0.1, -0.05) is 19.1 Å². The van der Waals surface area contributed by atoms with E-state index in [9.17, 15) is 18.0 Å². The summed E-state index contributed by atoms with van der Waals surface area (Å²) in [6.07, 6.45) is 0.410. The Kier molecular flexibility index (Phi) is 7.09. The first-order valence-electron chi connectivity index (χ1n) is 10.1. The van der Waals surface area contributed by atoms with Crippen LogP contribution in [0.1, 0.15) is 42.0 Å². The van der Waals surface area contributed by atoms with E-state index in [1.807, 2.05) is 11.6 Å². The lowest BCUT2D eigenvalue weighted by Crippen LogP contribution is -2.40. The van der Waals surface area contributed by atoms with Crippen LogP contribution in [0.15, 0.2) is 35.2 Å². The first-order valence-corrected chi connectivity index (χ1v) is 11.6. The summed E-state index contributed by atoms with van der Waals surface area (Å²) in [7, 11) is -4.38. The van der Waals surface area contributed by atoms with E-state index in [0.717, 1.165) is 6.42 Å². The van der Waals surface area contributed by atoms with E-state index in [1.165, 1.54) is 24.3 Å². The van der Waals surface area contributed by atoms with Gasteiger partial charge in [-0.25, -0.2) is 32.7 Å². The van der Waals surface area contributed by atoms with Crippen LogP contribution in [0.25, 0.3) is 0 Å². The SMILES string of the molecule is Cc1cc(C)nc(NC(=O)NS(=O)(=O)c2ccccc2C(=O)OC(C)C(C)C2CCO2)n1. The maximum absolute atomic E-state index is 12.8. The molecule has 1 aromatic heterocycles. The molecule has 3 atom stereocenters. The lowest BCUT2D eigenvalue weighted by atomic mass is 9.94. The molecule has 11 heteroatoms. The standard InChI is InChI=1S/C21H26N4O6S/c1-12-11-13(2)23-20(22-12)24-21(27)25-32(28,29)18-8-6-5-7-16(18)19(26)31-15(4)14(3)17-9-10-30-17/h5-8,11,14-15,17H,9-10H2,1-4H3,(H2,22,23,24,25,27). The summed E-state index contributed by atoms with van der Waals surface area (Å²) in [5, 5.41) is 2.29. The highest BCUT2D eigenvalue weighted by Crippen LogP contribution is 2.26. The second-order valence-electron chi connectivity index (χ2n) is 7.70. The Morgan fingerprint density at radius 3 is 2.38 bits per heavy atom. The maximum atomic E-state index is 12.8. The molecule has 1 saturated heterocycles. The van der Waals surface area contributed by atoms with Gasteiger partial charge in [0.15, 0.2) is 0 Å². The molecule has 0 aliphatic carbocycles. The zero-order valence-electron chi connectivity index (χ0n) is 18.3. The molecule has 1 aliphatic rings. The van der Waals surface area contributed by atoms with E-state index < -0.39 is 28.1 Å². The monoisotopic (exact) mass is 462 g/mol. The second kappa shape index (κ2) is 9.61. The fourth-order valence-electron chi connectivity index (χ4n) is 3.27. The molecule has 3 rings (SSSR count). The van der Waals surface area contributed by atoms with Crippen molar-refractivity contribution >= 4 is 28.0 Å². The van der Waals surface area contributed by atoms with Crippen LogP contribution in [-0.2, 0) is 19.5 Å². The number of nitrogens with zero attached hydrogens (tertiary/aromatic N) is 2. The smallest absolute Gasteiger partial charge is 0.339 e. The Balaban J connectivity index is 1.73. The van der Waals surface area contributed by atoms with Crippen molar-refractivity contribution in [1.82, 2.24) is 14.7 Å². The van der Waals surface area contributed by atoms with Gasteiger partial charge in [0.25, 0.3) is 10.0 Å². The predicted molar refractivity (Wildman–Crippen MR) is 116 cm³/mol. The molecule has 2 heterocycles. The predicted octanol–water partition coefficient (Wildman–Crippen LogP) is 2.57. The van der Waals surface area contributed by atoms with E-state index in [-0.39, 0.29) is 28.4 Å². The fraction of sp³-hybridized carbons (Fsp3) is 0.429. The van der Waals surface area contributed by atoms with Gasteiger partial charge in [0.2, 0.25) is 5.95 Å². The van der Waals surface area contributed by atoms with Crippen molar-refractivity contribution in [3.8, 4) is 0 Å². The molecular formula is C21H26N4O6S. The molecule has 1 fully saturated rings. The molecule has 0 spiro atoms. The van der Waals surface area contributed by atoms with Crippen LogP contribution in [0.5, 0.6) is 0 Å². The molecule has 2 amide bonds. The summed E-state index contributed by atoms with van der Waals surface area (Å²) in [6.45, 7) is 7.75. The minimum Gasteiger partial charge on any atom is -0.459 e. The van der Waals surface area contributed by atoms with Gasteiger partial charge in [0.1, 0.15) is 11.0 Å². The molecule has 2 aromatic rings. The van der Waals surface area contributed by atoms with Gasteiger partial charge in [-0.3, -0.25) is 5.32 Å². The Labute approximate surface area is 186 Å². The van der Waals surface area contributed by atoms with Crippen molar-refractivity contribution in [2.45, 2.75) is 51.2 Å². The van der Waals surface area contributed by atoms with Gasteiger partial charge in [-0.15, -0.1) is 0 Å². The zero-order valence-corrected chi connectivity index (χ0v) is 19.1. The topological polar surface area (TPSA) is 137 Å². The van der Waals surface area contributed by atoms with E-state index in [1.54, 1.807) is 26.8 Å². The van der Waals surface area contributed by atoms with Crippen LogP contribution >= 0.6 is 0 Å². The van der Waals surface area contributed by atoms with Crippen LogP contribution < -0.4 is 10.0 Å². The molecule has 3 unspecified atom stereocenters. The summed E-state index contributed by atoms with van der Waals surface area (Å²) in [5.41, 5.74) is 1.04. The third-order valence-electron chi connectivity index (χ3n) is 5.19. The molecular weight excluding hydrogens is 436 g/mol. The first-order chi connectivity index (χ1) is 15.1. The fourth-order valence-corrected chi connectivity index (χ4v) is 4.37. The molecule has 1 aromatic carbocycles. The first kappa shape index (κ1) is 23.6. The van der Waals surface area contributed by atoms with E-state index >= 15 is 0 Å². The normalized spacial score (nSPS) is 17.6. The summed E-state index contributed by atoms with van der Waals surface area (Å²) >= 11 is 0. The minimum absolute atomic E-state index is 0.00891. The number of ether oxygens (including phenoxy) is 2. The number of aromatic nitrogens is 2. The highest BCUT2D eigenvalue weighted by Gasteiger charge is 2.32. The third-order valence-corrected chi connectivity index (χ3v) is 6.57. The van der Waals surface area contributed by atoms with Gasteiger partial charge < -0.3 is 9.47 Å². The number of nitrogens with one attached hydrogen (secondary N) is 2. The van der Waals surface area contributed by atoms with Crippen LogP contribution in [0.2, 0.25) is 0 Å². The number of esters is 1. The minimum atomic E-state index is -4.38. The quantitative estimate of drug-likeness (QED) is 0.599. The van der Waals surface area contributed by atoms with Crippen molar-refractivity contribution < 1.29 is 27.5 Å². The number of hydrogen-bond donors (Lipinski definition) is 2. The maximum Gasteiger partial charge on any atom is 0.339 e. The molecule has 0 radical (unpaired) electrons. The van der Waals surface area contributed by atoms with Crippen LogP contribution in [-0.4, -0.2) is 49.2 Å². The zero-order chi connectivity index (χ0) is 23.5. The Morgan fingerprint density at radius 2 is 1.78 bits per heavy atom. The Bertz CT molecular complexity index is 1100. The van der Waals surface area contributed by atoms with Gasteiger partial charge in [-0.05, 0) is 45.4 Å². The number of urea groups is 1. The highest BCUT2D eigenvalue weighted by atomic mass is 32.2. The molecule has 2 N–H and O–H groups in total. The number of benzene rings is 1. The summed E-state index contributed by atoms with van der Waals surface area (Å²) in [4.78, 5) is 32.7. The van der Waals surface area contributed by atoms with E-state index in [4.69, 9.17) is 9.47 Å². The summed E-state index contributed by atoms with van der Waals surface area (Å²) in [5.74, 6) is -0.884. The number of sulfonamides is 1. The lowest BCUT2D eigenvalue weighted by molar-refractivity contribution is -0.107. The molecule has 10 nitrogen and oxygen atoms in total. The number of carbonyl (C=O) groups excluding carboxylic acids is 2. The Hall–Kier alpha value is -3.05. The number of amides is 2. The van der Waals surface area contributed by atoms with Crippen molar-refractivity contribution in [1.29, 1.82) is 0 Å². The summed E-state index contributed by atoms with van der Waals surface area (Å²) in [6, 6.07) is 6.18. The lowest BCUT2D eigenvalue weighted by Gasteiger charge is -2.34. The molecule has 32 heavy (non-hydrogen) atoms. The number of anilines is 1. The van der Waals surface area contributed by atoms with Crippen LogP contribution in [0, 0.1) is 19.8 Å². The molecule has 0 bridgehead atoms. The van der Waals surface area contributed by atoms with Gasteiger partial charge >= 0.3 is 12.0 Å². The number of rotatable bonds is 7. The molecule has 0 saturated carbocycles. The highest BCUT2D eigenvalue weighted by molar-refractivity contribution is 7.90. The van der Waals surface area contributed by atoms with Crippen molar-refractivity contribution in [2.75, 3.05) is 11.9 Å². The molecule has 1 aliphatic heterocycles. The second-order valence-corrected chi connectivity index (χ2v) is 9.35. The van der Waals surface area contributed by atoms with Crippen molar-refractivity contribution in [2.24, 2.45) is 5.92 Å².